The van der Waals surface area contributed by atoms with Crippen LogP contribution in [0.2, 0.25) is 0 Å². The molecule has 0 heterocycles. The van der Waals surface area contributed by atoms with Crippen LogP contribution in [0.15, 0.2) is 60.8 Å². The van der Waals surface area contributed by atoms with Gasteiger partial charge in [0.2, 0.25) is 5.91 Å². The van der Waals surface area contributed by atoms with Gasteiger partial charge in [0, 0.05) is 6.42 Å². The molecule has 4 nitrogen and oxygen atoms in total. The van der Waals surface area contributed by atoms with E-state index in [1.165, 1.54) is 283 Å². The van der Waals surface area contributed by atoms with Crippen LogP contribution in [0.1, 0.15) is 348 Å². The third-order valence-corrected chi connectivity index (χ3v) is 15.0. The molecule has 0 aromatic carbocycles. The van der Waals surface area contributed by atoms with Crippen LogP contribution in [0, 0.1) is 0 Å². The van der Waals surface area contributed by atoms with Crippen molar-refractivity contribution >= 4 is 5.91 Å². The second kappa shape index (κ2) is 63.4. The van der Waals surface area contributed by atoms with Gasteiger partial charge in [0.1, 0.15) is 0 Å². The van der Waals surface area contributed by atoms with Gasteiger partial charge in [-0.1, -0.05) is 331 Å². The van der Waals surface area contributed by atoms with Crippen LogP contribution in [0.5, 0.6) is 0 Å². The zero-order chi connectivity index (χ0) is 52.0. The average molecular weight is 1010 g/mol. The zero-order valence-electron chi connectivity index (χ0n) is 48.7. The molecule has 0 rings (SSSR count). The molecule has 3 N–H and O–H groups in total. The summed E-state index contributed by atoms with van der Waals surface area (Å²) in [4.78, 5) is 12.5. The summed E-state index contributed by atoms with van der Waals surface area (Å²) in [6, 6.07) is -0.644. The Hall–Kier alpha value is -1.91. The molecule has 0 spiro atoms. The molecule has 422 valence electrons. The highest BCUT2D eigenvalue weighted by Gasteiger charge is 2.18. The molecule has 0 aromatic heterocycles. The third kappa shape index (κ3) is 59.0. The van der Waals surface area contributed by atoms with Gasteiger partial charge in [-0.2, -0.15) is 0 Å². The van der Waals surface area contributed by atoms with E-state index in [0.717, 1.165) is 44.9 Å². The topological polar surface area (TPSA) is 69.6 Å². The van der Waals surface area contributed by atoms with Crippen molar-refractivity contribution in [2.75, 3.05) is 6.61 Å². The molecule has 0 aliphatic rings. The molecular formula is C68H127NO3. The first-order valence-corrected chi connectivity index (χ1v) is 32.5. The second-order valence-corrected chi connectivity index (χ2v) is 22.2. The van der Waals surface area contributed by atoms with Crippen LogP contribution in [0.4, 0.5) is 0 Å². The van der Waals surface area contributed by atoms with E-state index in [9.17, 15) is 15.0 Å². The SMILES string of the molecule is CCCCCCC/C=C\C/C=C\C/C=C\CCCCCCCCCCCCCCC(=O)NC(CO)C(O)/C=C/CC/C=C/CCCCCCCCCCCCCCCCCCCCCCCCCCCCC. The Kier molecular flexibility index (Phi) is 61.7. The molecular weight excluding hydrogens is 879 g/mol. The minimum atomic E-state index is -0.867. The van der Waals surface area contributed by atoms with Gasteiger partial charge in [-0.3, -0.25) is 4.79 Å². The fourth-order valence-electron chi connectivity index (χ4n) is 10.0. The van der Waals surface area contributed by atoms with Gasteiger partial charge < -0.3 is 15.5 Å². The predicted molar refractivity (Wildman–Crippen MR) is 322 cm³/mol. The molecule has 0 saturated carbocycles. The highest BCUT2D eigenvalue weighted by Crippen LogP contribution is 2.18. The highest BCUT2D eigenvalue weighted by atomic mass is 16.3. The van der Waals surface area contributed by atoms with Gasteiger partial charge in [-0.05, 0) is 70.6 Å². The zero-order valence-corrected chi connectivity index (χ0v) is 48.7. The van der Waals surface area contributed by atoms with Crippen molar-refractivity contribution in [2.24, 2.45) is 0 Å². The Labute approximate surface area is 451 Å². The van der Waals surface area contributed by atoms with E-state index in [1.807, 2.05) is 6.08 Å². The number of amides is 1. The average Bonchev–Trinajstić information content (AvgIpc) is 3.39. The Morgan fingerprint density at radius 3 is 0.903 bits per heavy atom. The number of nitrogens with one attached hydrogen (secondary N) is 1. The van der Waals surface area contributed by atoms with E-state index >= 15 is 0 Å². The first kappa shape index (κ1) is 70.1. The number of allylic oxidation sites excluding steroid dienone is 9. The standard InChI is InChI=1S/C68H127NO3/c1-3-5-7-9-11-13-15-17-19-21-23-25-27-29-31-32-33-34-35-36-38-39-41-43-45-47-49-51-53-55-57-59-61-63-67(71)66(65-70)69-68(72)64-62-60-58-56-54-52-50-48-46-44-42-40-37-30-28-26-24-22-20-18-16-14-12-10-8-6-4-2/h16,18,22,24,28,30,53,55,61,63,66-67,70-71H,3-15,17,19-21,23,25-27,29,31-52,54,56-60,62,64-65H2,1-2H3,(H,69,72)/b18-16-,24-22-,30-28-,55-53+,63-61+. The maximum atomic E-state index is 12.5. The lowest BCUT2D eigenvalue weighted by Gasteiger charge is -2.19. The summed E-state index contributed by atoms with van der Waals surface area (Å²) in [5.74, 6) is -0.0729. The fourth-order valence-corrected chi connectivity index (χ4v) is 10.0. The summed E-state index contributed by atoms with van der Waals surface area (Å²) in [5, 5.41) is 23.2. The van der Waals surface area contributed by atoms with Crippen LogP contribution in [0.25, 0.3) is 0 Å². The van der Waals surface area contributed by atoms with Crippen molar-refractivity contribution in [1.29, 1.82) is 0 Å². The lowest BCUT2D eigenvalue weighted by molar-refractivity contribution is -0.123. The normalized spacial score (nSPS) is 13.1. The van der Waals surface area contributed by atoms with Gasteiger partial charge >= 0.3 is 0 Å². The Morgan fingerprint density at radius 1 is 0.333 bits per heavy atom. The van der Waals surface area contributed by atoms with Crippen LogP contribution in [0.3, 0.4) is 0 Å². The van der Waals surface area contributed by atoms with Crippen molar-refractivity contribution in [3.63, 3.8) is 0 Å². The van der Waals surface area contributed by atoms with Crippen LogP contribution in [-0.2, 0) is 4.79 Å². The minimum absolute atomic E-state index is 0.0729. The number of hydrogen-bond acceptors (Lipinski definition) is 3. The van der Waals surface area contributed by atoms with Gasteiger partial charge in [0.05, 0.1) is 18.8 Å². The van der Waals surface area contributed by atoms with Crippen LogP contribution >= 0.6 is 0 Å². The number of unbranched alkanes of at least 4 members (excludes halogenated alkanes) is 45. The number of aliphatic hydroxyl groups excluding tert-OH is 2. The molecule has 4 heteroatoms. The lowest BCUT2D eigenvalue weighted by atomic mass is 10.0. The van der Waals surface area contributed by atoms with Crippen molar-refractivity contribution in [3.8, 4) is 0 Å². The Bertz CT molecular complexity index is 1190. The van der Waals surface area contributed by atoms with Gasteiger partial charge in [0.25, 0.3) is 0 Å². The second-order valence-electron chi connectivity index (χ2n) is 22.2. The Balaban J connectivity index is 3.49. The summed E-state index contributed by atoms with van der Waals surface area (Å²) in [5.41, 5.74) is 0. The summed E-state index contributed by atoms with van der Waals surface area (Å²) in [7, 11) is 0. The molecule has 2 unspecified atom stereocenters. The molecule has 0 aliphatic heterocycles. The molecule has 0 aliphatic carbocycles. The van der Waals surface area contributed by atoms with Gasteiger partial charge in [0.15, 0.2) is 0 Å². The first-order chi connectivity index (χ1) is 35.7. The smallest absolute Gasteiger partial charge is 0.220 e. The summed E-state index contributed by atoms with van der Waals surface area (Å²) < 4.78 is 0. The largest absolute Gasteiger partial charge is 0.394 e. The van der Waals surface area contributed by atoms with E-state index in [-0.39, 0.29) is 12.5 Å². The van der Waals surface area contributed by atoms with Crippen molar-refractivity contribution in [2.45, 2.75) is 360 Å². The maximum Gasteiger partial charge on any atom is 0.220 e. The van der Waals surface area contributed by atoms with E-state index in [2.05, 4.69) is 67.8 Å². The van der Waals surface area contributed by atoms with E-state index in [4.69, 9.17) is 0 Å². The fraction of sp³-hybridized carbons (Fsp3) is 0.838. The highest BCUT2D eigenvalue weighted by molar-refractivity contribution is 5.76. The molecule has 72 heavy (non-hydrogen) atoms. The molecule has 0 radical (unpaired) electrons. The van der Waals surface area contributed by atoms with Gasteiger partial charge in [-0.25, -0.2) is 0 Å². The number of aliphatic hydroxyl groups is 2. The molecule has 0 aromatic rings. The van der Waals surface area contributed by atoms with Crippen molar-refractivity contribution < 1.29 is 15.0 Å². The quantitative estimate of drug-likeness (QED) is 0.0420. The molecule has 0 bridgehead atoms. The number of rotatable bonds is 60. The van der Waals surface area contributed by atoms with E-state index in [0.29, 0.717) is 6.42 Å². The number of hydrogen-bond donors (Lipinski definition) is 3. The monoisotopic (exact) mass is 1010 g/mol. The minimum Gasteiger partial charge on any atom is -0.394 e. The van der Waals surface area contributed by atoms with Gasteiger partial charge in [-0.15, -0.1) is 0 Å². The Morgan fingerprint density at radius 2 is 0.583 bits per heavy atom. The molecule has 1 amide bonds. The summed E-state index contributed by atoms with van der Waals surface area (Å²) in [6.45, 7) is 4.32. The first-order valence-electron chi connectivity index (χ1n) is 32.5. The predicted octanol–water partition coefficient (Wildman–Crippen LogP) is 21.9. The summed E-state index contributed by atoms with van der Waals surface area (Å²) >= 11 is 0. The van der Waals surface area contributed by atoms with Crippen molar-refractivity contribution in [3.05, 3.63) is 60.8 Å². The molecule has 0 fully saturated rings. The number of carbonyl (C=O) groups excluding carboxylic acids is 1. The van der Waals surface area contributed by atoms with Crippen LogP contribution in [-0.4, -0.2) is 34.9 Å². The lowest BCUT2D eigenvalue weighted by Crippen LogP contribution is -2.45. The molecule has 0 saturated heterocycles. The maximum absolute atomic E-state index is 12.5. The number of carbonyl (C=O) groups is 1. The summed E-state index contributed by atoms with van der Waals surface area (Å²) in [6.07, 6.45) is 90.0. The van der Waals surface area contributed by atoms with E-state index in [1.54, 1.807) is 6.08 Å². The van der Waals surface area contributed by atoms with Crippen molar-refractivity contribution in [1.82, 2.24) is 5.32 Å². The van der Waals surface area contributed by atoms with Crippen LogP contribution < -0.4 is 5.32 Å². The van der Waals surface area contributed by atoms with E-state index < -0.39 is 12.1 Å². The third-order valence-electron chi connectivity index (χ3n) is 15.0. The molecule has 2 atom stereocenters.